The molecule has 3 atom stereocenters. The Labute approximate surface area is 89.9 Å². The molecule has 15 heavy (non-hydrogen) atoms. The van der Waals surface area contributed by atoms with Gasteiger partial charge in [-0.1, -0.05) is 13.0 Å². The Morgan fingerprint density at radius 2 is 2.40 bits per heavy atom. The number of cyclic esters (lactones) is 1. The van der Waals surface area contributed by atoms with Crippen LogP contribution in [0.25, 0.3) is 0 Å². The summed E-state index contributed by atoms with van der Waals surface area (Å²) in [4.78, 5) is 11.3. The van der Waals surface area contributed by atoms with Crippen LogP contribution in [0.1, 0.15) is 20.3 Å². The summed E-state index contributed by atoms with van der Waals surface area (Å²) in [5, 5.41) is 8.66. The maximum absolute atomic E-state index is 11.3. The van der Waals surface area contributed by atoms with Crippen molar-refractivity contribution in [3.8, 4) is 0 Å². The molecule has 86 valence electrons. The average Bonchev–Trinajstić information content (AvgIpc) is 2.21. The molecule has 4 heteroatoms. The van der Waals surface area contributed by atoms with Crippen LogP contribution >= 0.6 is 0 Å². The second-order valence-electron chi connectivity index (χ2n) is 3.68. The van der Waals surface area contributed by atoms with Gasteiger partial charge in [0.1, 0.15) is 6.10 Å². The fraction of sp³-hybridized carbons (Fsp3) is 0.727. The summed E-state index contributed by atoms with van der Waals surface area (Å²) in [5.41, 5.74) is 0. The second-order valence-corrected chi connectivity index (χ2v) is 3.68. The van der Waals surface area contributed by atoms with E-state index >= 15 is 0 Å². The zero-order valence-electron chi connectivity index (χ0n) is 9.18. The molecule has 1 heterocycles. The Hall–Kier alpha value is -0.870. The molecule has 1 aliphatic heterocycles. The number of carbonyl (C=O) groups is 1. The summed E-state index contributed by atoms with van der Waals surface area (Å²) < 4.78 is 10.6. The molecule has 0 aromatic rings. The lowest BCUT2D eigenvalue weighted by atomic mass is 9.92. The van der Waals surface area contributed by atoms with Crippen LogP contribution in [0.2, 0.25) is 0 Å². The molecular formula is C11H18O4. The molecule has 0 bridgehead atoms. The average molecular weight is 214 g/mol. The molecule has 1 rings (SSSR count). The maximum Gasteiger partial charge on any atom is 0.309 e. The molecule has 0 aromatic carbocycles. The van der Waals surface area contributed by atoms with Crippen LogP contribution in [0.15, 0.2) is 12.2 Å². The lowest BCUT2D eigenvalue weighted by molar-refractivity contribution is -0.167. The van der Waals surface area contributed by atoms with E-state index in [2.05, 4.69) is 0 Å². The standard InChI is InChI=1S/C11H18O4/c1-3-4-9-8(2)10(14-6-5-12)7-11(13)15-9/h3-4,8-10,12H,5-7H2,1-2H3/b4-3+/t8-,9-,10-/m1/s1. The summed E-state index contributed by atoms with van der Waals surface area (Å²) in [7, 11) is 0. The fourth-order valence-electron chi connectivity index (χ4n) is 1.69. The van der Waals surface area contributed by atoms with Gasteiger partial charge in [-0.2, -0.15) is 0 Å². The van der Waals surface area contributed by atoms with Crippen molar-refractivity contribution in [3.63, 3.8) is 0 Å². The number of allylic oxidation sites excluding steroid dienone is 1. The molecule has 1 fully saturated rings. The van der Waals surface area contributed by atoms with Crippen LogP contribution in [0.5, 0.6) is 0 Å². The highest BCUT2D eigenvalue weighted by molar-refractivity contribution is 5.71. The van der Waals surface area contributed by atoms with Gasteiger partial charge < -0.3 is 14.6 Å². The summed E-state index contributed by atoms with van der Waals surface area (Å²) >= 11 is 0. The Bertz CT molecular complexity index is 237. The second kappa shape index (κ2) is 5.88. The van der Waals surface area contributed by atoms with E-state index in [1.54, 1.807) is 0 Å². The topological polar surface area (TPSA) is 55.8 Å². The molecule has 4 nitrogen and oxygen atoms in total. The smallest absolute Gasteiger partial charge is 0.309 e. The first-order valence-corrected chi connectivity index (χ1v) is 5.23. The van der Waals surface area contributed by atoms with Crippen molar-refractivity contribution >= 4 is 5.97 Å². The minimum atomic E-state index is -0.237. The van der Waals surface area contributed by atoms with Crippen molar-refractivity contribution in [2.45, 2.75) is 32.5 Å². The third-order valence-corrected chi connectivity index (χ3v) is 2.55. The largest absolute Gasteiger partial charge is 0.458 e. The van der Waals surface area contributed by atoms with E-state index in [1.165, 1.54) is 0 Å². The zero-order valence-corrected chi connectivity index (χ0v) is 9.18. The van der Waals surface area contributed by atoms with Crippen LogP contribution in [-0.2, 0) is 14.3 Å². The highest BCUT2D eigenvalue weighted by Gasteiger charge is 2.34. The lowest BCUT2D eigenvalue weighted by Gasteiger charge is -2.33. The Morgan fingerprint density at radius 1 is 1.67 bits per heavy atom. The Balaban J connectivity index is 2.59. The van der Waals surface area contributed by atoms with Crippen molar-refractivity contribution in [1.29, 1.82) is 0 Å². The molecular weight excluding hydrogens is 196 g/mol. The van der Waals surface area contributed by atoms with Gasteiger partial charge in [0.25, 0.3) is 0 Å². The molecule has 0 amide bonds. The molecule has 0 aliphatic carbocycles. The minimum Gasteiger partial charge on any atom is -0.458 e. The van der Waals surface area contributed by atoms with Gasteiger partial charge >= 0.3 is 5.97 Å². The summed E-state index contributed by atoms with van der Waals surface area (Å²) in [6.07, 6.45) is 3.63. The number of ether oxygens (including phenoxy) is 2. The maximum atomic E-state index is 11.3. The molecule has 0 unspecified atom stereocenters. The number of aliphatic hydroxyl groups excluding tert-OH is 1. The number of hydrogen-bond acceptors (Lipinski definition) is 4. The van der Waals surface area contributed by atoms with Gasteiger partial charge in [0.15, 0.2) is 0 Å². The third kappa shape index (κ3) is 3.32. The normalized spacial score (nSPS) is 31.9. The summed E-state index contributed by atoms with van der Waals surface area (Å²) in [6.45, 7) is 4.12. The third-order valence-electron chi connectivity index (χ3n) is 2.55. The van der Waals surface area contributed by atoms with E-state index in [0.717, 1.165) is 0 Å². The predicted octanol–water partition coefficient (Wildman–Crippen LogP) is 0.892. The molecule has 1 saturated heterocycles. The van der Waals surface area contributed by atoms with Gasteiger partial charge in [-0.15, -0.1) is 0 Å². The van der Waals surface area contributed by atoms with Crippen molar-refractivity contribution in [3.05, 3.63) is 12.2 Å². The van der Waals surface area contributed by atoms with Crippen LogP contribution < -0.4 is 0 Å². The van der Waals surface area contributed by atoms with Crippen LogP contribution in [0, 0.1) is 5.92 Å². The molecule has 1 N–H and O–H groups in total. The number of hydrogen-bond donors (Lipinski definition) is 1. The Kier molecular flexibility index (Phi) is 4.78. The molecule has 0 aromatic heterocycles. The van der Waals surface area contributed by atoms with Crippen molar-refractivity contribution in [2.75, 3.05) is 13.2 Å². The fourth-order valence-corrected chi connectivity index (χ4v) is 1.69. The quantitative estimate of drug-likeness (QED) is 0.558. The van der Waals surface area contributed by atoms with E-state index in [9.17, 15) is 4.79 Å². The van der Waals surface area contributed by atoms with Crippen LogP contribution in [-0.4, -0.2) is 36.5 Å². The van der Waals surface area contributed by atoms with Crippen molar-refractivity contribution < 1.29 is 19.4 Å². The predicted molar refractivity (Wildman–Crippen MR) is 55.3 cm³/mol. The van der Waals surface area contributed by atoms with E-state index in [-0.39, 0.29) is 43.7 Å². The first-order chi connectivity index (χ1) is 7.19. The minimum absolute atomic E-state index is 0.0213. The first-order valence-electron chi connectivity index (χ1n) is 5.23. The Morgan fingerprint density at radius 3 is 3.00 bits per heavy atom. The molecule has 0 spiro atoms. The van der Waals surface area contributed by atoms with Crippen LogP contribution in [0.4, 0.5) is 0 Å². The van der Waals surface area contributed by atoms with Gasteiger partial charge in [-0.25, -0.2) is 0 Å². The first kappa shape index (κ1) is 12.2. The van der Waals surface area contributed by atoms with E-state index in [1.807, 2.05) is 26.0 Å². The van der Waals surface area contributed by atoms with Crippen molar-refractivity contribution in [1.82, 2.24) is 0 Å². The van der Waals surface area contributed by atoms with Gasteiger partial charge in [-0.05, 0) is 13.0 Å². The monoisotopic (exact) mass is 214 g/mol. The highest BCUT2D eigenvalue weighted by Crippen LogP contribution is 2.25. The van der Waals surface area contributed by atoms with Gasteiger partial charge in [0.05, 0.1) is 25.7 Å². The van der Waals surface area contributed by atoms with Gasteiger partial charge in [-0.3, -0.25) is 4.79 Å². The lowest BCUT2D eigenvalue weighted by Crippen LogP contribution is -2.41. The van der Waals surface area contributed by atoms with Gasteiger partial charge in [0.2, 0.25) is 0 Å². The zero-order chi connectivity index (χ0) is 11.3. The summed E-state index contributed by atoms with van der Waals surface area (Å²) in [6, 6.07) is 0. The highest BCUT2D eigenvalue weighted by atomic mass is 16.6. The molecule has 0 saturated carbocycles. The number of rotatable bonds is 4. The number of carbonyl (C=O) groups excluding carboxylic acids is 1. The summed E-state index contributed by atoms with van der Waals surface area (Å²) in [5.74, 6) is -0.107. The van der Waals surface area contributed by atoms with Crippen LogP contribution in [0.3, 0.4) is 0 Å². The molecule has 0 radical (unpaired) electrons. The number of aliphatic hydroxyl groups is 1. The van der Waals surface area contributed by atoms with Crippen molar-refractivity contribution in [2.24, 2.45) is 5.92 Å². The SMILES string of the molecule is C/C=C/[C@H]1OC(=O)C[C@@H](OCCO)[C@@H]1C. The van der Waals surface area contributed by atoms with E-state index in [0.29, 0.717) is 0 Å². The molecule has 1 aliphatic rings. The van der Waals surface area contributed by atoms with E-state index < -0.39 is 0 Å². The number of esters is 1. The van der Waals surface area contributed by atoms with Gasteiger partial charge in [0, 0.05) is 5.92 Å². The van der Waals surface area contributed by atoms with E-state index in [4.69, 9.17) is 14.6 Å².